The van der Waals surface area contributed by atoms with Crippen molar-refractivity contribution in [1.29, 1.82) is 0 Å². The summed E-state index contributed by atoms with van der Waals surface area (Å²) in [5.74, 6) is 0.929. The maximum Gasteiger partial charge on any atom is 0.253 e. The third kappa shape index (κ3) is 3.75. The number of aryl methyl sites for hydroxylation is 1. The van der Waals surface area contributed by atoms with E-state index in [2.05, 4.69) is 14.9 Å². The Kier molecular flexibility index (Phi) is 5.08. The molecule has 156 valence electrons. The van der Waals surface area contributed by atoms with Crippen molar-refractivity contribution in [3.8, 4) is 5.69 Å². The molecule has 1 fully saturated rings. The van der Waals surface area contributed by atoms with Crippen molar-refractivity contribution >= 4 is 34.4 Å². The minimum Gasteiger partial charge on any atom is -0.368 e. The summed E-state index contributed by atoms with van der Waals surface area (Å²) in [5, 5.41) is 0.732. The average Bonchev–Trinajstić information content (AvgIpc) is 3.15. The largest absolute Gasteiger partial charge is 0.368 e. The molecule has 2 aromatic heterocycles. The van der Waals surface area contributed by atoms with Crippen molar-refractivity contribution in [3.05, 3.63) is 83.3 Å². The van der Waals surface area contributed by atoms with Gasteiger partial charge in [-0.15, -0.1) is 0 Å². The summed E-state index contributed by atoms with van der Waals surface area (Å²) < 4.78 is 2.01. The molecule has 0 bridgehead atoms. The van der Waals surface area contributed by atoms with E-state index in [-0.39, 0.29) is 5.91 Å². The second-order valence-electron chi connectivity index (χ2n) is 7.64. The summed E-state index contributed by atoms with van der Waals surface area (Å²) in [6, 6.07) is 19.4. The first kappa shape index (κ1) is 19.6. The van der Waals surface area contributed by atoms with E-state index in [4.69, 9.17) is 11.6 Å². The lowest BCUT2D eigenvalue weighted by molar-refractivity contribution is 0.0747. The van der Waals surface area contributed by atoms with Crippen molar-refractivity contribution in [3.63, 3.8) is 0 Å². The number of carbonyl (C=O) groups excluding carboxylic acids is 1. The zero-order chi connectivity index (χ0) is 21.4. The van der Waals surface area contributed by atoms with Gasteiger partial charge >= 0.3 is 0 Å². The smallest absolute Gasteiger partial charge is 0.253 e. The molecule has 0 N–H and O–H groups in total. The van der Waals surface area contributed by atoms with Crippen LogP contribution in [0.1, 0.15) is 16.2 Å². The van der Waals surface area contributed by atoms with Crippen LogP contribution in [-0.4, -0.2) is 51.5 Å². The van der Waals surface area contributed by atoms with E-state index in [1.54, 1.807) is 6.20 Å². The molecule has 0 saturated carbocycles. The Morgan fingerprint density at radius 3 is 2.29 bits per heavy atom. The molecule has 3 heterocycles. The van der Waals surface area contributed by atoms with Crippen LogP contribution >= 0.6 is 11.6 Å². The number of fused-ring (bicyclic) bond motifs is 1. The molecule has 0 aliphatic carbocycles. The Hall–Kier alpha value is -3.38. The number of anilines is 1. The number of carbonyl (C=O) groups is 1. The second kappa shape index (κ2) is 8.04. The number of rotatable bonds is 3. The Balaban J connectivity index is 1.29. The van der Waals surface area contributed by atoms with Gasteiger partial charge in [-0.3, -0.25) is 9.36 Å². The lowest BCUT2D eigenvalue weighted by Gasteiger charge is -2.36. The van der Waals surface area contributed by atoms with Crippen molar-refractivity contribution in [2.45, 2.75) is 6.92 Å². The lowest BCUT2D eigenvalue weighted by atomic mass is 10.1. The van der Waals surface area contributed by atoms with E-state index in [1.807, 2.05) is 77.1 Å². The van der Waals surface area contributed by atoms with Gasteiger partial charge in [0.05, 0.1) is 0 Å². The molecule has 0 unspecified atom stereocenters. The number of halogens is 1. The highest BCUT2D eigenvalue weighted by Gasteiger charge is 2.22. The number of imidazole rings is 1. The van der Waals surface area contributed by atoms with Gasteiger partial charge < -0.3 is 9.80 Å². The Morgan fingerprint density at radius 2 is 1.58 bits per heavy atom. The molecular formula is C24H22ClN5O. The maximum atomic E-state index is 13.0. The summed E-state index contributed by atoms with van der Waals surface area (Å²) in [4.78, 5) is 26.3. The normalized spacial score (nSPS) is 14.3. The van der Waals surface area contributed by atoms with Gasteiger partial charge in [0.25, 0.3) is 5.91 Å². The van der Waals surface area contributed by atoms with Crippen LogP contribution < -0.4 is 4.90 Å². The third-order valence-corrected chi connectivity index (χ3v) is 5.97. The number of amides is 1. The van der Waals surface area contributed by atoms with E-state index in [0.29, 0.717) is 18.7 Å². The van der Waals surface area contributed by atoms with Crippen LogP contribution in [-0.2, 0) is 0 Å². The van der Waals surface area contributed by atoms with Gasteiger partial charge in [0, 0.05) is 54.3 Å². The molecule has 1 amide bonds. The lowest BCUT2D eigenvalue weighted by Crippen LogP contribution is -2.48. The first-order valence-electron chi connectivity index (χ1n) is 10.3. The van der Waals surface area contributed by atoms with E-state index in [1.165, 1.54) is 0 Å². The highest BCUT2D eigenvalue weighted by atomic mass is 35.5. The van der Waals surface area contributed by atoms with Crippen molar-refractivity contribution < 1.29 is 4.79 Å². The molecule has 7 heteroatoms. The minimum absolute atomic E-state index is 0.0626. The van der Waals surface area contributed by atoms with Crippen molar-refractivity contribution in [2.24, 2.45) is 0 Å². The molecule has 0 atom stereocenters. The third-order valence-electron chi connectivity index (χ3n) is 5.71. The molecule has 2 aromatic carbocycles. The minimum atomic E-state index is 0.0626. The van der Waals surface area contributed by atoms with Crippen LogP contribution in [0.5, 0.6) is 0 Å². The fourth-order valence-electron chi connectivity index (χ4n) is 4.09. The van der Waals surface area contributed by atoms with Crippen LogP contribution in [0.3, 0.4) is 0 Å². The number of piperazine rings is 1. The van der Waals surface area contributed by atoms with Gasteiger partial charge in [0.1, 0.15) is 11.3 Å². The SMILES string of the molecule is Cc1nc2cccnc2n1-c1ccc(C(=O)N2CCN(c3ccc(Cl)cc3)CC2)cc1. The van der Waals surface area contributed by atoms with Gasteiger partial charge in [-0.1, -0.05) is 11.6 Å². The average molecular weight is 432 g/mol. The molecular weight excluding hydrogens is 410 g/mol. The number of hydrogen-bond acceptors (Lipinski definition) is 4. The molecule has 1 aliphatic rings. The molecule has 5 rings (SSSR count). The molecule has 1 aliphatic heterocycles. The molecule has 0 spiro atoms. The summed E-state index contributed by atoms with van der Waals surface area (Å²) in [7, 11) is 0. The van der Waals surface area contributed by atoms with E-state index in [9.17, 15) is 4.79 Å². The van der Waals surface area contributed by atoms with Gasteiger partial charge in [-0.25, -0.2) is 9.97 Å². The first-order chi connectivity index (χ1) is 15.1. The quantitative estimate of drug-likeness (QED) is 0.484. The Bertz CT molecular complexity index is 1230. The first-order valence-corrected chi connectivity index (χ1v) is 10.7. The topological polar surface area (TPSA) is 54.3 Å². The summed E-state index contributed by atoms with van der Waals surface area (Å²) in [6.07, 6.45) is 1.77. The van der Waals surface area contributed by atoms with E-state index >= 15 is 0 Å². The van der Waals surface area contributed by atoms with Gasteiger partial charge in [0.15, 0.2) is 5.65 Å². The molecule has 6 nitrogen and oxygen atoms in total. The zero-order valence-corrected chi connectivity index (χ0v) is 18.0. The predicted octanol–water partition coefficient (Wildman–Crippen LogP) is 4.34. The predicted molar refractivity (Wildman–Crippen MR) is 123 cm³/mol. The number of pyridine rings is 1. The second-order valence-corrected chi connectivity index (χ2v) is 8.08. The van der Waals surface area contributed by atoms with Crippen LogP contribution in [0.4, 0.5) is 5.69 Å². The van der Waals surface area contributed by atoms with Crippen LogP contribution in [0.15, 0.2) is 66.9 Å². The highest BCUT2D eigenvalue weighted by molar-refractivity contribution is 6.30. The van der Waals surface area contributed by atoms with Crippen LogP contribution in [0.2, 0.25) is 5.02 Å². The summed E-state index contributed by atoms with van der Waals surface area (Å²) in [5.41, 5.74) is 4.45. The summed E-state index contributed by atoms with van der Waals surface area (Å²) >= 11 is 5.98. The van der Waals surface area contributed by atoms with Crippen molar-refractivity contribution in [1.82, 2.24) is 19.4 Å². The standard InChI is InChI=1S/C24H22ClN5O/c1-17-27-22-3-2-12-26-23(22)30(17)21-8-4-18(5-9-21)24(31)29-15-13-28(14-16-29)20-10-6-19(25)7-11-20/h2-12H,13-16H2,1H3. The molecule has 0 radical (unpaired) electrons. The van der Waals surface area contributed by atoms with Crippen LogP contribution in [0, 0.1) is 6.92 Å². The number of aromatic nitrogens is 3. The number of hydrogen-bond donors (Lipinski definition) is 0. The zero-order valence-electron chi connectivity index (χ0n) is 17.2. The molecule has 1 saturated heterocycles. The van der Waals surface area contributed by atoms with Gasteiger partial charge in [-0.05, 0) is 67.6 Å². The Morgan fingerprint density at radius 1 is 0.903 bits per heavy atom. The van der Waals surface area contributed by atoms with Crippen LogP contribution in [0.25, 0.3) is 16.9 Å². The summed E-state index contributed by atoms with van der Waals surface area (Å²) in [6.45, 7) is 4.95. The fraction of sp³-hybridized carbons (Fsp3) is 0.208. The van der Waals surface area contributed by atoms with Gasteiger partial charge in [-0.2, -0.15) is 0 Å². The number of nitrogens with zero attached hydrogens (tertiary/aromatic N) is 5. The fourth-order valence-corrected chi connectivity index (χ4v) is 4.22. The Labute approximate surface area is 185 Å². The highest BCUT2D eigenvalue weighted by Crippen LogP contribution is 2.22. The molecule has 4 aromatic rings. The van der Waals surface area contributed by atoms with Gasteiger partial charge in [0.2, 0.25) is 0 Å². The number of benzene rings is 2. The van der Waals surface area contributed by atoms with E-state index < -0.39 is 0 Å². The molecule has 31 heavy (non-hydrogen) atoms. The monoisotopic (exact) mass is 431 g/mol. The van der Waals surface area contributed by atoms with Crippen molar-refractivity contribution in [2.75, 3.05) is 31.1 Å². The maximum absolute atomic E-state index is 13.0. The van der Waals surface area contributed by atoms with E-state index in [0.717, 1.165) is 46.5 Å².